The molecule has 2 aliphatic rings. The molecule has 1 saturated heterocycles. The summed E-state index contributed by atoms with van der Waals surface area (Å²) in [7, 11) is 1.20. The van der Waals surface area contributed by atoms with Crippen molar-refractivity contribution in [2.24, 2.45) is 11.7 Å². The highest BCUT2D eigenvalue weighted by Crippen LogP contribution is 2.36. The van der Waals surface area contributed by atoms with Crippen LogP contribution in [-0.2, 0) is 17.6 Å². The number of pyridine rings is 2. The maximum absolute atomic E-state index is 15.1. The molecular weight excluding hydrogens is 524 g/mol. The van der Waals surface area contributed by atoms with Gasteiger partial charge in [-0.2, -0.15) is 0 Å². The monoisotopic (exact) mass is 552 g/mol. The van der Waals surface area contributed by atoms with Gasteiger partial charge < -0.3 is 26.4 Å². The first-order chi connectivity index (χ1) is 18.0. The number of alkyl halides is 2. The Labute approximate surface area is 220 Å². The molecule has 204 valence electrons. The van der Waals surface area contributed by atoms with Crippen molar-refractivity contribution in [3.8, 4) is 0 Å². The second-order valence-corrected chi connectivity index (χ2v) is 10.9. The van der Waals surface area contributed by atoms with E-state index in [1.54, 1.807) is 0 Å². The normalized spacial score (nSPS) is 21.7. The molecule has 4 heterocycles. The summed E-state index contributed by atoms with van der Waals surface area (Å²) < 4.78 is 62.5. The highest BCUT2D eigenvalue weighted by molar-refractivity contribution is 7.21. The number of carbonyl (C=O) groups excluding carboxylic acids is 1. The number of anilines is 2. The topological polar surface area (TPSA) is 119 Å². The van der Waals surface area contributed by atoms with E-state index in [1.807, 2.05) is 0 Å². The van der Waals surface area contributed by atoms with Crippen molar-refractivity contribution in [3.63, 3.8) is 0 Å². The van der Waals surface area contributed by atoms with Gasteiger partial charge in [-0.25, -0.2) is 27.5 Å². The molecule has 5 N–H and O–H groups in total. The Morgan fingerprint density at radius 2 is 2.03 bits per heavy atom. The van der Waals surface area contributed by atoms with Crippen molar-refractivity contribution < 1.29 is 27.1 Å². The third kappa shape index (κ3) is 4.78. The average molecular weight is 553 g/mol. The van der Waals surface area contributed by atoms with Gasteiger partial charge in [0.1, 0.15) is 22.1 Å². The van der Waals surface area contributed by atoms with E-state index in [-0.39, 0.29) is 41.2 Å². The van der Waals surface area contributed by atoms with Gasteiger partial charge in [0.25, 0.3) is 11.8 Å². The number of nitrogens with zero attached hydrogens (tertiary/aromatic N) is 3. The molecule has 38 heavy (non-hydrogen) atoms. The largest absolute Gasteiger partial charge is 0.397 e. The number of hydrogen-bond donors (Lipinski definition) is 3. The van der Waals surface area contributed by atoms with Gasteiger partial charge in [-0.3, -0.25) is 4.79 Å². The molecule has 0 saturated carbocycles. The number of nitrogens with one attached hydrogen (secondary N) is 1. The van der Waals surface area contributed by atoms with Crippen LogP contribution in [0.4, 0.5) is 29.1 Å². The van der Waals surface area contributed by atoms with Gasteiger partial charge in [0.15, 0.2) is 11.6 Å². The molecule has 3 unspecified atom stereocenters. The van der Waals surface area contributed by atoms with Crippen LogP contribution in [0.1, 0.15) is 33.0 Å². The number of ether oxygens (including phenoxy) is 1. The molecule has 0 aromatic carbocycles. The summed E-state index contributed by atoms with van der Waals surface area (Å²) in [5, 5.41) is 3.32. The van der Waals surface area contributed by atoms with Crippen molar-refractivity contribution in [3.05, 3.63) is 45.6 Å². The van der Waals surface area contributed by atoms with E-state index in [1.165, 1.54) is 31.1 Å². The second kappa shape index (κ2) is 9.93. The summed E-state index contributed by atoms with van der Waals surface area (Å²) in [6.45, 7) is 0.705. The van der Waals surface area contributed by atoms with Crippen molar-refractivity contribution in [1.29, 1.82) is 0 Å². The zero-order valence-corrected chi connectivity index (χ0v) is 21.7. The van der Waals surface area contributed by atoms with Crippen LogP contribution < -0.4 is 21.7 Å². The fourth-order valence-corrected chi connectivity index (χ4v) is 6.27. The van der Waals surface area contributed by atoms with E-state index in [0.717, 1.165) is 11.3 Å². The summed E-state index contributed by atoms with van der Waals surface area (Å²) in [6.07, 6.45) is 1.35. The number of aromatic nitrogens is 2. The van der Waals surface area contributed by atoms with E-state index >= 15 is 4.39 Å². The molecule has 3 atom stereocenters. The predicted octanol–water partition coefficient (Wildman–Crippen LogP) is 3.19. The number of rotatable bonds is 6. The van der Waals surface area contributed by atoms with E-state index in [2.05, 4.69) is 20.0 Å². The lowest BCUT2D eigenvalue weighted by atomic mass is 9.91. The lowest BCUT2D eigenvalue weighted by Gasteiger charge is -2.27. The fraction of sp³-hybridized carbons (Fsp3) is 0.480. The number of nitrogen functional groups attached to an aromatic ring is 1. The molecule has 3 aromatic rings. The Bertz CT molecular complexity index is 1400. The maximum atomic E-state index is 15.1. The Hall–Kier alpha value is -3.03. The number of fused-ring (bicyclic) bond motifs is 2. The average Bonchev–Trinajstić information content (AvgIpc) is 3.39. The number of carbonyl (C=O) groups is 1. The SMILES string of the molecule is COCC(F)(F)C1CN(c2nc3c(cc2F)CC(NC(=O)c2sc4nc(C)c(F)cc4c2N)CC3)CC1N. The Morgan fingerprint density at radius 1 is 1.26 bits per heavy atom. The number of methoxy groups -OCH3 is 1. The van der Waals surface area contributed by atoms with E-state index < -0.39 is 42.0 Å². The minimum absolute atomic E-state index is 0.00507. The van der Waals surface area contributed by atoms with Gasteiger partial charge >= 0.3 is 0 Å². The molecule has 8 nitrogen and oxygen atoms in total. The number of thiophene rings is 1. The summed E-state index contributed by atoms with van der Waals surface area (Å²) in [6, 6.07) is 1.48. The van der Waals surface area contributed by atoms with Crippen LogP contribution in [0.5, 0.6) is 0 Å². The summed E-state index contributed by atoms with van der Waals surface area (Å²) >= 11 is 1.09. The van der Waals surface area contributed by atoms with Crippen LogP contribution in [0.25, 0.3) is 10.2 Å². The third-order valence-electron chi connectivity index (χ3n) is 7.26. The Morgan fingerprint density at radius 3 is 2.76 bits per heavy atom. The molecule has 1 aliphatic carbocycles. The zero-order valence-electron chi connectivity index (χ0n) is 20.9. The Balaban J connectivity index is 1.30. The van der Waals surface area contributed by atoms with Gasteiger partial charge in [-0.1, -0.05) is 0 Å². The smallest absolute Gasteiger partial charge is 0.276 e. The number of nitrogens with two attached hydrogens (primary N) is 2. The number of hydrogen-bond acceptors (Lipinski definition) is 8. The molecular formula is C25H28F4N6O2S. The molecule has 0 radical (unpaired) electrons. The first kappa shape index (κ1) is 26.6. The van der Waals surface area contributed by atoms with Gasteiger partial charge in [0, 0.05) is 43.4 Å². The van der Waals surface area contributed by atoms with Crippen molar-refractivity contribution in [2.75, 3.05) is 37.4 Å². The van der Waals surface area contributed by atoms with Crippen molar-refractivity contribution in [2.45, 2.75) is 44.2 Å². The minimum Gasteiger partial charge on any atom is -0.397 e. The van der Waals surface area contributed by atoms with E-state index in [4.69, 9.17) is 11.5 Å². The van der Waals surface area contributed by atoms with Crippen molar-refractivity contribution >= 4 is 39.0 Å². The molecule has 3 aromatic heterocycles. The lowest BCUT2D eigenvalue weighted by molar-refractivity contribution is -0.105. The Kier molecular flexibility index (Phi) is 6.95. The highest BCUT2D eigenvalue weighted by Gasteiger charge is 2.48. The maximum Gasteiger partial charge on any atom is 0.276 e. The van der Waals surface area contributed by atoms with E-state index in [9.17, 15) is 18.0 Å². The molecule has 1 aliphatic heterocycles. The summed E-state index contributed by atoms with van der Waals surface area (Å²) in [5.74, 6) is -5.85. The minimum atomic E-state index is -3.14. The van der Waals surface area contributed by atoms with Crippen LogP contribution in [0, 0.1) is 24.5 Å². The second-order valence-electron chi connectivity index (χ2n) is 9.94. The van der Waals surface area contributed by atoms with Gasteiger partial charge in [0.2, 0.25) is 0 Å². The molecule has 5 rings (SSSR count). The number of amides is 1. The van der Waals surface area contributed by atoms with Gasteiger partial charge in [0.05, 0.1) is 17.3 Å². The number of halogens is 4. The molecule has 0 spiro atoms. The molecule has 1 amide bonds. The standard InChI is InChI=1S/C25H28F4N6O2S/c1-11-16(26)7-14-20(31)21(38-24(14)32-11)23(36)33-13-3-4-19-12(5-13)6-17(27)22(34-19)35-8-15(18(30)9-35)25(28,29)10-37-2/h6-7,13,15,18H,3-5,8-10,30-31H2,1-2H3,(H,33,36). The van der Waals surface area contributed by atoms with Crippen molar-refractivity contribution in [1.82, 2.24) is 15.3 Å². The van der Waals surface area contributed by atoms with Crippen LogP contribution in [0.15, 0.2) is 12.1 Å². The van der Waals surface area contributed by atoms with Crippen LogP contribution in [0.3, 0.4) is 0 Å². The van der Waals surface area contributed by atoms with Gasteiger partial charge in [-0.05, 0) is 43.9 Å². The predicted molar refractivity (Wildman–Crippen MR) is 137 cm³/mol. The highest BCUT2D eigenvalue weighted by atomic mass is 32.1. The first-order valence-corrected chi connectivity index (χ1v) is 13.0. The number of aryl methyl sites for hydroxylation is 2. The van der Waals surface area contributed by atoms with Crippen LogP contribution >= 0.6 is 11.3 Å². The quantitative estimate of drug-likeness (QED) is 0.402. The third-order valence-corrected chi connectivity index (χ3v) is 8.37. The van der Waals surface area contributed by atoms with Crippen LogP contribution in [0.2, 0.25) is 0 Å². The molecule has 1 fully saturated rings. The fourth-order valence-electron chi connectivity index (χ4n) is 5.24. The summed E-state index contributed by atoms with van der Waals surface area (Å²) in [4.78, 5) is 23.8. The lowest BCUT2D eigenvalue weighted by Crippen LogP contribution is -2.43. The van der Waals surface area contributed by atoms with Gasteiger partial charge in [-0.15, -0.1) is 11.3 Å². The zero-order chi connectivity index (χ0) is 27.4. The van der Waals surface area contributed by atoms with Crippen LogP contribution in [-0.4, -0.2) is 60.7 Å². The van der Waals surface area contributed by atoms with E-state index in [0.29, 0.717) is 40.7 Å². The first-order valence-electron chi connectivity index (χ1n) is 12.2. The molecule has 13 heteroatoms. The summed E-state index contributed by atoms with van der Waals surface area (Å²) in [5.41, 5.74) is 13.8. The molecule has 0 bridgehead atoms.